The minimum atomic E-state index is -0.678. The molecule has 3 aromatic carbocycles. The SMILES string of the molecule is CCOc1ccccc1NC(=O)N([C@H](C)c1nc2ccccc2n(C)c1=O)[C@@H](COC)c1ccccc1. The highest BCUT2D eigenvalue weighted by Gasteiger charge is 2.33. The molecular weight excluding hydrogens is 468 g/mol. The number of benzene rings is 3. The molecule has 8 heteroatoms. The molecule has 0 radical (unpaired) electrons. The second kappa shape index (κ2) is 11.7. The molecule has 4 aromatic rings. The second-order valence-electron chi connectivity index (χ2n) is 8.67. The van der Waals surface area contributed by atoms with Gasteiger partial charge in [-0.05, 0) is 43.7 Å². The molecule has 0 aliphatic heterocycles. The van der Waals surface area contributed by atoms with Crippen LogP contribution in [0.15, 0.2) is 83.7 Å². The zero-order valence-corrected chi connectivity index (χ0v) is 21.5. The average molecular weight is 501 g/mol. The zero-order chi connectivity index (χ0) is 26.4. The third kappa shape index (κ3) is 5.49. The van der Waals surface area contributed by atoms with Crippen molar-refractivity contribution in [3.8, 4) is 5.75 Å². The smallest absolute Gasteiger partial charge is 0.323 e. The van der Waals surface area contributed by atoms with Crippen LogP contribution >= 0.6 is 0 Å². The van der Waals surface area contributed by atoms with Crippen LogP contribution in [0.4, 0.5) is 10.5 Å². The minimum absolute atomic E-state index is 0.225. The van der Waals surface area contributed by atoms with E-state index in [0.29, 0.717) is 23.6 Å². The lowest BCUT2D eigenvalue weighted by Gasteiger charge is -2.36. The summed E-state index contributed by atoms with van der Waals surface area (Å²) >= 11 is 0. The Labute approximate surface area is 216 Å². The number of aromatic nitrogens is 2. The fourth-order valence-electron chi connectivity index (χ4n) is 4.49. The quantitative estimate of drug-likeness (QED) is 0.336. The number of aryl methyl sites for hydroxylation is 1. The van der Waals surface area contributed by atoms with Crippen LogP contribution in [-0.2, 0) is 11.8 Å². The number of para-hydroxylation sites is 4. The Kier molecular flexibility index (Phi) is 8.20. The molecule has 2 amide bonds. The van der Waals surface area contributed by atoms with E-state index < -0.39 is 18.1 Å². The summed E-state index contributed by atoms with van der Waals surface area (Å²) in [5.41, 5.74) is 2.82. The fraction of sp³-hybridized carbons (Fsp3) is 0.276. The summed E-state index contributed by atoms with van der Waals surface area (Å²) in [6.07, 6.45) is 0. The minimum Gasteiger partial charge on any atom is -0.492 e. The van der Waals surface area contributed by atoms with E-state index in [4.69, 9.17) is 14.5 Å². The van der Waals surface area contributed by atoms with Gasteiger partial charge < -0.3 is 24.3 Å². The van der Waals surface area contributed by atoms with Crippen LogP contribution in [0.25, 0.3) is 11.0 Å². The maximum atomic E-state index is 14.0. The predicted molar refractivity (Wildman–Crippen MR) is 145 cm³/mol. The molecule has 2 atom stereocenters. The van der Waals surface area contributed by atoms with Crippen molar-refractivity contribution in [2.45, 2.75) is 25.9 Å². The number of carbonyl (C=O) groups excluding carboxylic acids is 1. The number of nitrogens with zero attached hydrogens (tertiary/aromatic N) is 3. The molecule has 8 nitrogen and oxygen atoms in total. The lowest BCUT2D eigenvalue weighted by molar-refractivity contribution is 0.0885. The monoisotopic (exact) mass is 500 g/mol. The number of fused-ring (bicyclic) bond motifs is 1. The van der Waals surface area contributed by atoms with E-state index >= 15 is 0 Å². The Bertz CT molecular complexity index is 1420. The van der Waals surface area contributed by atoms with Crippen LogP contribution in [0.2, 0.25) is 0 Å². The molecule has 0 unspecified atom stereocenters. The Morgan fingerprint density at radius 1 is 1.03 bits per heavy atom. The fourth-order valence-corrected chi connectivity index (χ4v) is 4.49. The zero-order valence-electron chi connectivity index (χ0n) is 21.5. The normalized spacial score (nSPS) is 12.6. The van der Waals surface area contributed by atoms with Gasteiger partial charge in [-0.2, -0.15) is 0 Å². The number of methoxy groups -OCH3 is 1. The van der Waals surface area contributed by atoms with Gasteiger partial charge in [0.2, 0.25) is 0 Å². The first-order valence-corrected chi connectivity index (χ1v) is 12.3. The molecule has 0 spiro atoms. The highest BCUT2D eigenvalue weighted by molar-refractivity contribution is 5.91. The summed E-state index contributed by atoms with van der Waals surface area (Å²) < 4.78 is 12.8. The molecule has 1 heterocycles. The Morgan fingerprint density at radius 3 is 2.43 bits per heavy atom. The van der Waals surface area contributed by atoms with E-state index in [1.54, 1.807) is 35.8 Å². The molecule has 192 valence electrons. The van der Waals surface area contributed by atoms with E-state index in [0.717, 1.165) is 11.1 Å². The van der Waals surface area contributed by atoms with Crippen LogP contribution < -0.4 is 15.6 Å². The van der Waals surface area contributed by atoms with Crippen molar-refractivity contribution >= 4 is 22.8 Å². The maximum Gasteiger partial charge on any atom is 0.323 e. The lowest BCUT2D eigenvalue weighted by Crippen LogP contribution is -2.44. The summed E-state index contributed by atoms with van der Waals surface area (Å²) in [7, 11) is 3.31. The van der Waals surface area contributed by atoms with Crippen LogP contribution in [0.3, 0.4) is 0 Å². The summed E-state index contributed by atoms with van der Waals surface area (Å²) in [5, 5.41) is 3.00. The van der Waals surface area contributed by atoms with Gasteiger partial charge in [-0.1, -0.05) is 54.6 Å². The highest BCUT2D eigenvalue weighted by atomic mass is 16.5. The lowest BCUT2D eigenvalue weighted by atomic mass is 10.0. The highest BCUT2D eigenvalue weighted by Crippen LogP contribution is 2.32. The molecule has 0 bridgehead atoms. The van der Waals surface area contributed by atoms with E-state index in [-0.39, 0.29) is 17.9 Å². The number of nitrogens with one attached hydrogen (secondary N) is 1. The van der Waals surface area contributed by atoms with Crippen molar-refractivity contribution in [3.63, 3.8) is 0 Å². The van der Waals surface area contributed by atoms with Crippen molar-refractivity contribution in [1.82, 2.24) is 14.5 Å². The maximum absolute atomic E-state index is 14.0. The first kappa shape index (κ1) is 25.9. The number of ether oxygens (including phenoxy) is 2. The number of amides is 2. The largest absolute Gasteiger partial charge is 0.492 e. The molecular formula is C29H32N4O4. The predicted octanol–water partition coefficient (Wildman–Crippen LogP) is 5.32. The van der Waals surface area contributed by atoms with Gasteiger partial charge in [-0.15, -0.1) is 0 Å². The van der Waals surface area contributed by atoms with Gasteiger partial charge in [0.25, 0.3) is 5.56 Å². The Balaban J connectivity index is 1.83. The van der Waals surface area contributed by atoms with Crippen LogP contribution in [0, 0.1) is 0 Å². The third-order valence-electron chi connectivity index (χ3n) is 6.33. The van der Waals surface area contributed by atoms with Gasteiger partial charge >= 0.3 is 6.03 Å². The number of carbonyl (C=O) groups is 1. The van der Waals surface area contributed by atoms with Gasteiger partial charge in [-0.25, -0.2) is 9.78 Å². The second-order valence-corrected chi connectivity index (χ2v) is 8.67. The van der Waals surface area contributed by atoms with Crippen molar-refractivity contribution in [2.75, 3.05) is 25.6 Å². The van der Waals surface area contributed by atoms with E-state index in [2.05, 4.69) is 5.32 Å². The first-order valence-electron chi connectivity index (χ1n) is 12.3. The van der Waals surface area contributed by atoms with Gasteiger partial charge in [0, 0.05) is 14.2 Å². The van der Waals surface area contributed by atoms with Crippen LogP contribution in [0.5, 0.6) is 5.75 Å². The molecule has 1 aromatic heterocycles. The van der Waals surface area contributed by atoms with E-state index in [1.165, 1.54) is 0 Å². The molecule has 1 N–H and O–H groups in total. The summed E-state index contributed by atoms with van der Waals surface area (Å²) in [4.78, 5) is 33.8. The molecule has 0 aliphatic rings. The Hall–Kier alpha value is -4.17. The van der Waals surface area contributed by atoms with E-state index in [9.17, 15) is 9.59 Å². The van der Waals surface area contributed by atoms with Crippen LogP contribution in [0.1, 0.15) is 37.2 Å². The number of hydrogen-bond acceptors (Lipinski definition) is 5. The molecule has 0 aliphatic carbocycles. The molecule has 4 rings (SSSR count). The molecule has 0 fully saturated rings. The van der Waals surface area contributed by atoms with Gasteiger partial charge in [0.05, 0.1) is 42.0 Å². The summed E-state index contributed by atoms with van der Waals surface area (Å²) in [6, 6.07) is 22.8. The van der Waals surface area contributed by atoms with Gasteiger partial charge in [0.1, 0.15) is 11.4 Å². The van der Waals surface area contributed by atoms with Crippen molar-refractivity contribution < 1.29 is 14.3 Å². The topological polar surface area (TPSA) is 85.7 Å². The van der Waals surface area contributed by atoms with Gasteiger partial charge in [0.15, 0.2) is 0 Å². The standard InChI is InChI=1S/C29H32N4O4/c1-5-37-26-18-12-10-16-23(26)31-29(35)33(25(19-36-4)21-13-7-6-8-14-21)20(2)27-28(34)32(3)24-17-11-9-15-22(24)30-27/h6-18,20,25H,5,19H2,1-4H3,(H,31,35)/t20-,25+/m1/s1. The summed E-state index contributed by atoms with van der Waals surface area (Å²) in [5.74, 6) is 0.564. The third-order valence-corrected chi connectivity index (χ3v) is 6.33. The van der Waals surface area contributed by atoms with Gasteiger partial charge in [-0.3, -0.25) is 4.79 Å². The molecule has 0 saturated carbocycles. The van der Waals surface area contributed by atoms with Crippen molar-refractivity contribution in [2.24, 2.45) is 7.05 Å². The van der Waals surface area contributed by atoms with Crippen LogP contribution in [-0.4, -0.2) is 40.8 Å². The number of anilines is 1. The Morgan fingerprint density at radius 2 is 1.70 bits per heavy atom. The number of urea groups is 1. The molecule has 0 saturated heterocycles. The van der Waals surface area contributed by atoms with Crippen molar-refractivity contribution in [3.05, 3.63) is 100 Å². The van der Waals surface area contributed by atoms with Crippen molar-refractivity contribution in [1.29, 1.82) is 0 Å². The number of hydrogen-bond donors (Lipinski definition) is 1. The number of rotatable bonds is 9. The summed E-state index contributed by atoms with van der Waals surface area (Å²) in [6.45, 7) is 4.39. The first-order chi connectivity index (χ1) is 18.0. The molecule has 37 heavy (non-hydrogen) atoms. The van der Waals surface area contributed by atoms with E-state index in [1.807, 2.05) is 80.6 Å². The average Bonchev–Trinajstić information content (AvgIpc) is 2.92.